The maximum absolute atomic E-state index is 10.8. The van der Waals surface area contributed by atoms with E-state index in [0.717, 1.165) is 6.42 Å². The minimum atomic E-state index is -4.04. The minimum Gasteiger partial charge on any atom is -0.367 e. The largest absolute Gasteiger partial charge is 0.402 e. The summed E-state index contributed by atoms with van der Waals surface area (Å²) in [5, 5.41) is 8.60. The topological polar surface area (TPSA) is 72.8 Å². The number of aliphatic hydroxyl groups excluding tert-OH is 1. The molecule has 5 nitrogen and oxygen atoms in total. The van der Waals surface area contributed by atoms with Crippen molar-refractivity contribution in [2.45, 2.75) is 26.1 Å². The minimum absolute atomic E-state index is 0.0512. The second kappa shape index (κ2) is 6.61. The van der Waals surface area contributed by atoms with E-state index in [1.54, 1.807) is 0 Å². The van der Waals surface area contributed by atoms with Crippen molar-refractivity contribution >= 4 is 23.0 Å². The zero-order valence-corrected chi connectivity index (χ0v) is 9.05. The predicted octanol–water partition coefficient (Wildman–Crippen LogP) is 0.313. The van der Waals surface area contributed by atoms with Gasteiger partial charge in [0, 0.05) is 0 Å². The molecule has 0 aromatic heterocycles. The van der Waals surface area contributed by atoms with Gasteiger partial charge in [-0.15, -0.1) is 0 Å². The third kappa shape index (κ3) is 8.51. The molecule has 1 atom stereocenters. The molecule has 0 aliphatic carbocycles. The molecule has 0 amide bonds. The summed E-state index contributed by atoms with van der Waals surface area (Å²) in [6.07, 6.45) is -0.0194. The standard InChI is InChI=1S/C6H14O5S2/c1-6(7)11-13(8,9)10-4-2-3-5-12/h6-7,12H,2-5H2,1H3. The average Bonchev–Trinajstić information content (AvgIpc) is 1.95. The highest BCUT2D eigenvalue weighted by Gasteiger charge is 2.14. The monoisotopic (exact) mass is 230 g/mol. The second-order valence-corrected chi connectivity index (χ2v) is 4.05. The fraction of sp³-hybridized carbons (Fsp3) is 1.00. The van der Waals surface area contributed by atoms with Gasteiger partial charge >= 0.3 is 10.4 Å². The molecule has 0 saturated heterocycles. The number of aliphatic hydroxyl groups is 1. The second-order valence-electron chi connectivity index (χ2n) is 2.36. The first-order valence-electron chi connectivity index (χ1n) is 3.84. The molecule has 0 radical (unpaired) electrons. The van der Waals surface area contributed by atoms with Crippen LogP contribution in [0, 0.1) is 0 Å². The predicted molar refractivity (Wildman–Crippen MR) is 50.7 cm³/mol. The van der Waals surface area contributed by atoms with E-state index in [1.807, 2.05) is 0 Å². The lowest BCUT2D eigenvalue weighted by molar-refractivity contribution is -0.00760. The molecular formula is C6H14O5S2. The molecule has 0 saturated carbocycles. The highest BCUT2D eigenvalue weighted by molar-refractivity contribution is 7.81. The third-order valence-electron chi connectivity index (χ3n) is 1.04. The van der Waals surface area contributed by atoms with Gasteiger partial charge in [0.15, 0.2) is 6.29 Å². The zero-order chi connectivity index (χ0) is 10.3. The van der Waals surface area contributed by atoms with Crippen LogP contribution in [0.5, 0.6) is 0 Å². The summed E-state index contributed by atoms with van der Waals surface area (Å²) < 4.78 is 30.1. The molecule has 0 aromatic rings. The molecule has 0 bridgehead atoms. The number of unbranched alkanes of at least 4 members (excludes halogenated alkanes) is 1. The van der Waals surface area contributed by atoms with Gasteiger partial charge < -0.3 is 5.11 Å². The molecule has 1 unspecified atom stereocenters. The van der Waals surface area contributed by atoms with Crippen molar-refractivity contribution in [1.29, 1.82) is 0 Å². The SMILES string of the molecule is CC(O)OS(=O)(=O)OCCCCS. The quantitative estimate of drug-likeness (QED) is 0.374. The van der Waals surface area contributed by atoms with E-state index in [4.69, 9.17) is 5.11 Å². The molecule has 0 aromatic carbocycles. The maximum Gasteiger partial charge on any atom is 0.402 e. The van der Waals surface area contributed by atoms with Crippen molar-refractivity contribution in [3.8, 4) is 0 Å². The van der Waals surface area contributed by atoms with Crippen LogP contribution in [0.15, 0.2) is 0 Å². The van der Waals surface area contributed by atoms with Crippen molar-refractivity contribution in [3.05, 3.63) is 0 Å². The first kappa shape index (κ1) is 13.2. The fourth-order valence-corrected chi connectivity index (χ4v) is 1.52. The van der Waals surface area contributed by atoms with Crippen LogP contribution in [0.3, 0.4) is 0 Å². The number of thiol groups is 1. The van der Waals surface area contributed by atoms with Crippen LogP contribution in [0.2, 0.25) is 0 Å². The van der Waals surface area contributed by atoms with Gasteiger partial charge in [-0.3, -0.25) is 0 Å². The Morgan fingerprint density at radius 3 is 2.54 bits per heavy atom. The Morgan fingerprint density at radius 2 is 2.08 bits per heavy atom. The molecule has 1 N–H and O–H groups in total. The summed E-state index contributed by atoms with van der Waals surface area (Å²) in [5.41, 5.74) is 0. The van der Waals surface area contributed by atoms with Gasteiger partial charge in [0.25, 0.3) is 0 Å². The van der Waals surface area contributed by atoms with Crippen LogP contribution in [-0.4, -0.2) is 32.2 Å². The Balaban J connectivity index is 3.64. The fourth-order valence-electron chi connectivity index (χ4n) is 0.573. The van der Waals surface area contributed by atoms with Gasteiger partial charge in [-0.2, -0.15) is 21.0 Å². The molecule has 80 valence electrons. The van der Waals surface area contributed by atoms with Gasteiger partial charge in [0.1, 0.15) is 0 Å². The average molecular weight is 230 g/mol. The Hall–Kier alpha value is 0.180. The van der Waals surface area contributed by atoms with E-state index in [0.29, 0.717) is 12.2 Å². The number of rotatable bonds is 7. The lowest BCUT2D eigenvalue weighted by Gasteiger charge is -2.06. The molecule has 7 heteroatoms. The van der Waals surface area contributed by atoms with E-state index in [2.05, 4.69) is 21.0 Å². The molecular weight excluding hydrogens is 216 g/mol. The summed E-state index contributed by atoms with van der Waals surface area (Å²) in [6, 6.07) is 0. The van der Waals surface area contributed by atoms with E-state index in [-0.39, 0.29) is 6.61 Å². The van der Waals surface area contributed by atoms with Crippen LogP contribution in [0.25, 0.3) is 0 Å². The summed E-state index contributed by atoms with van der Waals surface area (Å²) in [7, 11) is -4.04. The van der Waals surface area contributed by atoms with Crippen LogP contribution < -0.4 is 0 Å². The van der Waals surface area contributed by atoms with Crippen molar-refractivity contribution in [2.24, 2.45) is 0 Å². The van der Waals surface area contributed by atoms with E-state index < -0.39 is 16.7 Å². The zero-order valence-electron chi connectivity index (χ0n) is 7.34. The molecule has 0 spiro atoms. The summed E-state index contributed by atoms with van der Waals surface area (Å²) in [4.78, 5) is 0. The third-order valence-corrected chi connectivity index (χ3v) is 2.32. The van der Waals surface area contributed by atoms with Crippen LogP contribution in [0.1, 0.15) is 19.8 Å². The van der Waals surface area contributed by atoms with Crippen LogP contribution in [0.4, 0.5) is 0 Å². The first-order valence-corrected chi connectivity index (χ1v) is 5.81. The maximum atomic E-state index is 10.8. The van der Waals surface area contributed by atoms with Gasteiger partial charge in [-0.05, 0) is 25.5 Å². The molecule has 13 heavy (non-hydrogen) atoms. The molecule has 0 aliphatic heterocycles. The van der Waals surface area contributed by atoms with Crippen molar-refractivity contribution in [3.63, 3.8) is 0 Å². The lowest BCUT2D eigenvalue weighted by atomic mass is 10.4. The van der Waals surface area contributed by atoms with Gasteiger partial charge in [0.05, 0.1) is 6.61 Å². The molecule has 0 heterocycles. The Bertz CT molecular complexity index is 211. The van der Waals surface area contributed by atoms with Crippen molar-refractivity contribution in [1.82, 2.24) is 0 Å². The van der Waals surface area contributed by atoms with Crippen LogP contribution in [-0.2, 0) is 18.8 Å². The van der Waals surface area contributed by atoms with E-state index >= 15 is 0 Å². The highest BCUT2D eigenvalue weighted by atomic mass is 32.3. The molecule has 0 rings (SSSR count). The Labute approximate surface area is 83.8 Å². The molecule has 0 aliphatic rings. The van der Waals surface area contributed by atoms with Crippen LogP contribution >= 0.6 is 12.6 Å². The van der Waals surface area contributed by atoms with Crippen molar-refractivity contribution in [2.75, 3.05) is 12.4 Å². The van der Waals surface area contributed by atoms with Crippen molar-refractivity contribution < 1.29 is 21.9 Å². The highest BCUT2D eigenvalue weighted by Crippen LogP contribution is 2.01. The summed E-state index contributed by atoms with van der Waals surface area (Å²) >= 11 is 3.95. The summed E-state index contributed by atoms with van der Waals surface area (Å²) in [6.45, 7) is 1.24. The lowest BCUT2D eigenvalue weighted by Crippen LogP contribution is -2.17. The van der Waals surface area contributed by atoms with Gasteiger partial charge in [-0.1, -0.05) is 0 Å². The number of hydrogen-bond donors (Lipinski definition) is 2. The molecule has 0 fully saturated rings. The Kier molecular flexibility index (Phi) is 6.70. The van der Waals surface area contributed by atoms with E-state index in [9.17, 15) is 8.42 Å². The van der Waals surface area contributed by atoms with Gasteiger partial charge in [0.2, 0.25) is 0 Å². The van der Waals surface area contributed by atoms with Gasteiger partial charge in [-0.25, -0.2) is 8.37 Å². The normalized spacial score (nSPS) is 14.4. The summed E-state index contributed by atoms with van der Waals surface area (Å²) in [5.74, 6) is 0.681. The number of hydrogen-bond acceptors (Lipinski definition) is 6. The smallest absolute Gasteiger partial charge is 0.367 e. The first-order chi connectivity index (χ1) is 5.98. The Morgan fingerprint density at radius 1 is 1.46 bits per heavy atom. The van der Waals surface area contributed by atoms with E-state index in [1.165, 1.54) is 6.92 Å².